The summed E-state index contributed by atoms with van der Waals surface area (Å²) in [6.45, 7) is 1.90. The van der Waals surface area contributed by atoms with Crippen LogP contribution in [0.1, 0.15) is 36.0 Å². The van der Waals surface area contributed by atoms with Gasteiger partial charge in [-0.2, -0.15) is 4.31 Å². The highest BCUT2D eigenvalue weighted by atomic mass is 35.5. The van der Waals surface area contributed by atoms with Gasteiger partial charge in [0.2, 0.25) is 10.0 Å². The lowest BCUT2D eigenvalue weighted by molar-refractivity contribution is 0.102. The highest BCUT2D eigenvalue weighted by molar-refractivity contribution is 7.89. The number of carbonyl (C=O) groups is 1. The smallest absolute Gasteiger partial charge is 0.257 e. The first-order chi connectivity index (χ1) is 14.4. The summed E-state index contributed by atoms with van der Waals surface area (Å²) in [7, 11) is -3.68. The molecule has 0 unspecified atom stereocenters. The number of fused-ring (bicyclic) bond motifs is 1. The molecule has 2 aromatic rings. The molecule has 2 aliphatic rings. The second-order valence-electron chi connectivity index (χ2n) is 7.27. The molecule has 2 aromatic carbocycles. The van der Waals surface area contributed by atoms with Crippen LogP contribution in [0.15, 0.2) is 41.3 Å². The van der Waals surface area contributed by atoms with E-state index in [1.54, 1.807) is 18.2 Å². The van der Waals surface area contributed by atoms with Gasteiger partial charge < -0.3 is 14.8 Å². The van der Waals surface area contributed by atoms with Crippen LogP contribution in [0.2, 0.25) is 5.02 Å². The van der Waals surface area contributed by atoms with E-state index in [1.807, 2.05) is 0 Å². The van der Waals surface area contributed by atoms with Gasteiger partial charge in [0.05, 0.1) is 15.5 Å². The Morgan fingerprint density at radius 2 is 1.63 bits per heavy atom. The molecule has 1 fully saturated rings. The number of sulfonamides is 1. The van der Waals surface area contributed by atoms with E-state index < -0.39 is 15.9 Å². The summed E-state index contributed by atoms with van der Waals surface area (Å²) in [6, 6.07) is 9.31. The fraction of sp³-hybridized carbons (Fsp3) is 0.381. The van der Waals surface area contributed by atoms with E-state index in [1.165, 1.54) is 22.5 Å². The zero-order valence-electron chi connectivity index (χ0n) is 16.4. The van der Waals surface area contributed by atoms with Crippen molar-refractivity contribution in [3.63, 3.8) is 0 Å². The van der Waals surface area contributed by atoms with Crippen LogP contribution < -0.4 is 14.8 Å². The van der Waals surface area contributed by atoms with Crippen molar-refractivity contribution >= 4 is 33.2 Å². The van der Waals surface area contributed by atoms with Gasteiger partial charge in [-0.15, -0.1) is 0 Å². The van der Waals surface area contributed by atoms with E-state index in [-0.39, 0.29) is 15.5 Å². The molecular formula is C21H23ClN2O5S. The van der Waals surface area contributed by atoms with E-state index in [9.17, 15) is 13.2 Å². The molecule has 0 spiro atoms. The number of nitrogens with one attached hydrogen (secondary N) is 1. The summed E-state index contributed by atoms with van der Waals surface area (Å²) in [5, 5.41) is 2.93. The SMILES string of the molecule is O=C(Nc1ccc2c(c1)OCCO2)c1cc(S(=O)(=O)N2CCCCCC2)ccc1Cl. The first-order valence-electron chi connectivity index (χ1n) is 9.96. The molecular weight excluding hydrogens is 428 g/mol. The zero-order valence-corrected chi connectivity index (χ0v) is 18.0. The molecule has 0 atom stereocenters. The fourth-order valence-electron chi connectivity index (χ4n) is 3.59. The predicted octanol–water partition coefficient (Wildman–Crippen LogP) is 3.93. The normalized spacial score (nSPS) is 17.2. The van der Waals surface area contributed by atoms with Crippen molar-refractivity contribution in [2.75, 3.05) is 31.6 Å². The molecule has 2 heterocycles. The first-order valence-corrected chi connectivity index (χ1v) is 11.8. The minimum atomic E-state index is -3.68. The van der Waals surface area contributed by atoms with Crippen molar-refractivity contribution < 1.29 is 22.7 Å². The number of hydrogen-bond acceptors (Lipinski definition) is 5. The molecule has 1 amide bonds. The summed E-state index contributed by atoms with van der Waals surface area (Å²) in [5.74, 6) is 0.662. The number of halogens is 1. The third-order valence-electron chi connectivity index (χ3n) is 5.19. The maximum absolute atomic E-state index is 13.1. The van der Waals surface area contributed by atoms with E-state index in [0.29, 0.717) is 43.5 Å². The average molecular weight is 451 g/mol. The summed E-state index contributed by atoms with van der Waals surface area (Å²) in [4.78, 5) is 12.9. The Balaban J connectivity index is 1.57. The Labute approximate surface area is 181 Å². The van der Waals surface area contributed by atoms with E-state index in [0.717, 1.165) is 25.7 Å². The lowest BCUT2D eigenvalue weighted by atomic mass is 10.2. The molecule has 0 bridgehead atoms. The van der Waals surface area contributed by atoms with Crippen LogP contribution in [0, 0.1) is 0 Å². The molecule has 0 aliphatic carbocycles. The lowest BCUT2D eigenvalue weighted by Crippen LogP contribution is -2.32. The molecule has 1 N–H and O–H groups in total. The molecule has 4 rings (SSSR count). The van der Waals surface area contributed by atoms with Gasteiger partial charge in [0.15, 0.2) is 11.5 Å². The van der Waals surface area contributed by atoms with Crippen LogP contribution in [0.4, 0.5) is 5.69 Å². The Kier molecular flexibility index (Phi) is 6.17. The highest BCUT2D eigenvalue weighted by Crippen LogP contribution is 2.33. The van der Waals surface area contributed by atoms with Gasteiger partial charge in [0.25, 0.3) is 5.91 Å². The van der Waals surface area contributed by atoms with Crippen molar-refractivity contribution in [2.24, 2.45) is 0 Å². The van der Waals surface area contributed by atoms with Gasteiger partial charge in [0.1, 0.15) is 13.2 Å². The third-order valence-corrected chi connectivity index (χ3v) is 7.41. The molecule has 0 radical (unpaired) electrons. The molecule has 1 saturated heterocycles. The van der Waals surface area contributed by atoms with Crippen LogP contribution in [0.25, 0.3) is 0 Å². The van der Waals surface area contributed by atoms with E-state index >= 15 is 0 Å². The minimum Gasteiger partial charge on any atom is -0.486 e. The Hall–Kier alpha value is -2.29. The fourth-order valence-corrected chi connectivity index (χ4v) is 5.34. The molecule has 7 nitrogen and oxygen atoms in total. The Morgan fingerprint density at radius 1 is 0.933 bits per heavy atom. The second kappa shape index (κ2) is 8.83. The summed E-state index contributed by atoms with van der Waals surface area (Å²) < 4.78 is 38.6. The Morgan fingerprint density at radius 3 is 2.37 bits per heavy atom. The van der Waals surface area contributed by atoms with Crippen LogP contribution in [0.3, 0.4) is 0 Å². The number of hydrogen-bond donors (Lipinski definition) is 1. The van der Waals surface area contributed by atoms with Crippen molar-refractivity contribution in [2.45, 2.75) is 30.6 Å². The monoisotopic (exact) mass is 450 g/mol. The van der Waals surface area contributed by atoms with Gasteiger partial charge in [-0.1, -0.05) is 24.4 Å². The largest absolute Gasteiger partial charge is 0.486 e. The lowest BCUT2D eigenvalue weighted by Gasteiger charge is -2.20. The topological polar surface area (TPSA) is 84.9 Å². The quantitative estimate of drug-likeness (QED) is 0.762. The summed E-state index contributed by atoms with van der Waals surface area (Å²) in [6.07, 6.45) is 3.72. The van der Waals surface area contributed by atoms with Crippen LogP contribution in [0.5, 0.6) is 11.5 Å². The maximum atomic E-state index is 13.1. The van der Waals surface area contributed by atoms with Crippen molar-refractivity contribution in [3.8, 4) is 11.5 Å². The van der Waals surface area contributed by atoms with Gasteiger partial charge in [-0.05, 0) is 43.2 Å². The number of carbonyl (C=O) groups excluding carboxylic acids is 1. The van der Waals surface area contributed by atoms with Crippen molar-refractivity contribution in [3.05, 3.63) is 47.0 Å². The number of benzene rings is 2. The molecule has 30 heavy (non-hydrogen) atoms. The predicted molar refractivity (Wildman–Crippen MR) is 114 cm³/mol. The van der Waals surface area contributed by atoms with Gasteiger partial charge in [0, 0.05) is 24.8 Å². The molecule has 9 heteroatoms. The number of rotatable bonds is 4. The number of amides is 1. The second-order valence-corrected chi connectivity index (χ2v) is 9.62. The van der Waals surface area contributed by atoms with Crippen molar-refractivity contribution in [1.82, 2.24) is 4.31 Å². The van der Waals surface area contributed by atoms with Crippen LogP contribution in [-0.2, 0) is 10.0 Å². The minimum absolute atomic E-state index is 0.0705. The number of anilines is 1. The number of nitrogens with zero attached hydrogens (tertiary/aromatic N) is 1. The third kappa shape index (κ3) is 4.40. The van der Waals surface area contributed by atoms with E-state index in [2.05, 4.69) is 5.32 Å². The summed E-state index contributed by atoms with van der Waals surface area (Å²) >= 11 is 6.22. The van der Waals surface area contributed by atoms with Gasteiger partial charge in [-0.3, -0.25) is 4.79 Å². The molecule has 160 valence electrons. The first kappa shape index (κ1) is 21.0. The van der Waals surface area contributed by atoms with E-state index in [4.69, 9.17) is 21.1 Å². The maximum Gasteiger partial charge on any atom is 0.257 e. The summed E-state index contributed by atoms with van der Waals surface area (Å²) in [5.41, 5.74) is 0.601. The molecule has 2 aliphatic heterocycles. The van der Waals surface area contributed by atoms with Gasteiger partial charge in [-0.25, -0.2) is 8.42 Å². The van der Waals surface area contributed by atoms with Crippen molar-refractivity contribution in [1.29, 1.82) is 0 Å². The standard InChI is InChI=1S/C21H23ClN2O5S/c22-18-7-6-16(30(26,27)24-9-3-1-2-4-10-24)14-17(18)21(25)23-15-5-8-19-20(13-15)29-12-11-28-19/h5-8,13-14H,1-4,9-12H2,(H,23,25). The zero-order chi connectivity index (χ0) is 21.1. The van der Waals surface area contributed by atoms with Crippen LogP contribution in [-0.4, -0.2) is 44.9 Å². The Bertz CT molecular complexity index is 1050. The highest BCUT2D eigenvalue weighted by Gasteiger charge is 2.27. The number of ether oxygens (including phenoxy) is 2. The average Bonchev–Trinajstić information content (AvgIpc) is 3.04. The van der Waals surface area contributed by atoms with Crippen LogP contribution >= 0.6 is 11.6 Å². The van der Waals surface area contributed by atoms with Gasteiger partial charge >= 0.3 is 0 Å². The molecule has 0 aromatic heterocycles. The molecule has 0 saturated carbocycles.